The monoisotopic (exact) mass is 160 g/mol. The molecule has 0 heterocycles. The van der Waals surface area contributed by atoms with Gasteiger partial charge in [-0.1, -0.05) is 30.9 Å². The van der Waals surface area contributed by atoms with Crippen molar-refractivity contribution in [1.82, 2.24) is 0 Å². The number of para-hydroxylation sites is 1. The molecule has 0 saturated heterocycles. The Labute approximate surface area is 103 Å². The summed E-state index contributed by atoms with van der Waals surface area (Å²) >= 11 is 0. The third-order valence-corrected chi connectivity index (χ3v) is 1.16. The number of hydrogen-bond donors (Lipinski definition) is 1. The summed E-state index contributed by atoms with van der Waals surface area (Å²) in [5.41, 5.74) is 0.775. The van der Waals surface area contributed by atoms with Crippen LogP contribution in [0.15, 0.2) is 30.8 Å². The van der Waals surface area contributed by atoms with Gasteiger partial charge in [0.05, 0.1) is 0 Å². The van der Waals surface area contributed by atoms with Crippen molar-refractivity contribution in [3.05, 3.63) is 36.4 Å². The average molecular weight is 160 g/mol. The molecule has 0 aliphatic heterocycles. The molecule has 1 aromatic rings. The van der Waals surface area contributed by atoms with Crippen molar-refractivity contribution >= 4 is 57.5 Å². The summed E-state index contributed by atoms with van der Waals surface area (Å²) in [6.45, 7) is 3.53. The second-order valence-electron chi connectivity index (χ2n) is 1.76. The molecule has 0 aromatic heterocycles. The van der Waals surface area contributed by atoms with Crippen LogP contribution in [0.2, 0.25) is 0 Å². The maximum atomic E-state index is 9.04. The van der Waals surface area contributed by atoms with Crippen LogP contribution in [0.25, 0.3) is 6.08 Å². The van der Waals surface area contributed by atoms with Gasteiger partial charge >= 0.3 is 51.4 Å². The van der Waals surface area contributed by atoms with Gasteiger partial charge in [-0.2, -0.15) is 0 Å². The topological polar surface area (TPSA) is 20.2 Å². The number of phenols is 1. The van der Waals surface area contributed by atoms with Gasteiger partial charge < -0.3 is 5.11 Å². The normalized spacial score (nSPS) is 8.00. The van der Waals surface area contributed by atoms with Crippen molar-refractivity contribution < 1.29 is 5.11 Å². The van der Waals surface area contributed by atoms with Gasteiger partial charge in [0.1, 0.15) is 5.75 Å². The van der Waals surface area contributed by atoms with Crippen molar-refractivity contribution in [2.24, 2.45) is 0 Å². The van der Waals surface area contributed by atoms with Crippen LogP contribution in [-0.4, -0.2) is 56.5 Å². The van der Waals surface area contributed by atoms with Crippen molar-refractivity contribution in [3.63, 3.8) is 0 Å². The van der Waals surface area contributed by atoms with E-state index >= 15 is 0 Å². The van der Waals surface area contributed by atoms with Gasteiger partial charge in [-0.3, -0.25) is 0 Å². The fourth-order valence-electron chi connectivity index (χ4n) is 0.660. The van der Waals surface area contributed by atoms with Gasteiger partial charge in [-0.15, -0.1) is 0 Å². The summed E-state index contributed by atoms with van der Waals surface area (Å²) in [6.07, 6.45) is 1.62. The first-order valence-corrected chi connectivity index (χ1v) is 2.75. The molecule has 0 aliphatic carbocycles. The first kappa shape index (κ1) is 10.4. The number of hydrogen-bond acceptors (Lipinski definition) is 1. The zero-order valence-corrected chi connectivity index (χ0v) is 5.04. The van der Waals surface area contributed by atoms with Gasteiger partial charge in [0, 0.05) is 5.56 Å². The van der Waals surface area contributed by atoms with E-state index in [2.05, 4.69) is 6.58 Å². The molecule has 0 atom stereocenters. The average Bonchev–Trinajstić information content (AvgIpc) is 1.89. The summed E-state index contributed by atoms with van der Waals surface area (Å²) in [4.78, 5) is 0. The molecule has 0 saturated carbocycles. The Bertz CT molecular complexity index is 220. The van der Waals surface area contributed by atoms with Gasteiger partial charge in [0.15, 0.2) is 0 Å². The molecule has 0 radical (unpaired) electrons. The van der Waals surface area contributed by atoms with Gasteiger partial charge in [0.25, 0.3) is 0 Å². The summed E-state index contributed by atoms with van der Waals surface area (Å²) in [6, 6.07) is 7.08. The third-order valence-electron chi connectivity index (χ3n) is 1.16. The Morgan fingerprint density at radius 2 is 1.90 bits per heavy atom. The molecule has 1 nitrogen and oxygen atoms in total. The standard InChI is InChI=1S/C8H8O.K.H/c1-2-7-5-3-4-6-8(7)9;;/h2-6,9H,1H2;;. The van der Waals surface area contributed by atoms with E-state index in [1.54, 1.807) is 18.2 Å². The van der Waals surface area contributed by atoms with E-state index in [4.69, 9.17) is 5.11 Å². The third kappa shape index (κ3) is 2.56. The summed E-state index contributed by atoms with van der Waals surface area (Å²) in [5.74, 6) is 0.285. The predicted octanol–water partition coefficient (Wildman–Crippen LogP) is 1.39. The van der Waals surface area contributed by atoms with E-state index in [1.165, 1.54) is 0 Å². The quantitative estimate of drug-likeness (QED) is 0.615. The molecule has 0 amide bonds. The molecule has 0 fully saturated rings. The van der Waals surface area contributed by atoms with Gasteiger partial charge in [-0.05, 0) is 6.07 Å². The van der Waals surface area contributed by atoms with Gasteiger partial charge in [-0.25, -0.2) is 0 Å². The second-order valence-corrected chi connectivity index (χ2v) is 1.76. The first-order valence-electron chi connectivity index (χ1n) is 2.75. The Morgan fingerprint density at radius 1 is 1.30 bits per heavy atom. The number of rotatable bonds is 1. The summed E-state index contributed by atoms with van der Waals surface area (Å²) in [5, 5.41) is 9.04. The maximum absolute atomic E-state index is 9.04. The van der Waals surface area contributed by atoms with Crippen molar-refractivity contribution in [3.8, 4) is 5.75 Å². The van der Waals surface area contributed by atoms with E-state index < -0.39 is 0 Å². The van der Waals surface area contributed by atoms with Gasteiger partial charge in [0.2, 0.25) is 0 Å². The first-order chi connectivity index (χ1) is 4.34. The molecule has 0 aliphatic rings. The molecule has 10 heavy (non-hydrogen) atoms. The zero-order chi connectivity index (χ0) is 6.69. The van der Waals surface area contributed by atoms with Crippen LogP contribution in [0.4, 0.5) is 0 Å². The molecular formula is C8H9KO. The molecule has 2 heteroatoms. The fraction of sp³-hybridized carbons (Fsp3) is 0. The SMILES string of the molecule is C=Cc1ccccc1O.[KH]. The predicted molar refractivity (Wildman–Crippen MR) is 45.3 cm³/mol. The second kappa shape index (κ2) is 5.10. The summed E-state index contributed by atoms with van der Waals surface area (Å²) in [7, 11) is 0. The van der Waals surface area contributed by atoms with Crippen LogP contribution in [0.5, 0.6) is 5.75 Å². The van der Waals surface area contributed by atoms with E-state index in [0.29, 0.717) is 0 Å². The number of phenolic OH excluding ortho intramolecular Hbond substituents is 1. The molecule has 48 valence electrons. The molecule has 1 rings (SSSR count). The minimum absolute atomic E-state index is 0. The van der Waals surface area contributed by atoms with Crippen LogP contribution in [0.3, 0.4) is 0 Å². The van der Waals surface area contributed by atoms with Crippen LogP contribution >= 0.6 is 0 Å². The Morgan fingerprint density at radius 3 is 2.30 bits per heavy atom. The minimum atomic E-state index is 0. The Balaban J connectivity index is 0.000000810. The van der Waals surface area contributed by atoms with E-state index in [1.807, 2.05) is 12.1 Å². The molecule has 1 N–H and O–H groups in total. The Hall–Kier alpha value is 0.396. The Kier molecular flexibility index (Phi) is 5.30. The van der Waals surface area contributed by atoms with Crippen molar-refractivity contribution in [2.75, 3.05) is 0 Å². The van der Waals surface area contributed by atoms with Crippen molar-refractivity contribution in [1.29, 1.82) is 0 Å². The molecule has 1 aromatic carbocycles. The molecular weight excluding hydrogens is 151 g/mol. The van der Waals surface area contributed by atoms with Crippen LogP contribution in [-0.2, 0) is 0 Å². The van der Waals surface area contributed by atoms with E-state index in [-0.39, 0.29) is 57.1 Å². The van der Waals surface area contributed by atoms with Crippen LogP contribution in [0, 0.1) is 0 Å². The number of benzene rings is 1. The molecule has 0 spiro atoms. The van der Waals surface area contributed by atoms with Crippen LogP contribution in [0.1, 0.15) is 5.56 Å². The van der Waals surface area contributed by atoms with Crippen molar-refractivity contribution in [2.45, 2.75) is 0 Å². The van der Waals surface area contributed by atoms with E-state index in [9.17, 15) is 0 Å². The zero-order valence-electron chi connectivity index (χ0n) is 5.04. The molecule has 0 unspecified atom stereocenters. The van der Waals surface area contributed by atoms with E-state index in [0.717, 1.165) is 5.56 Å². The van der Waals surface area contributed by atoms with Crippen LogP contribution < -0.4 is 0 Å². The molecule has 0 bridgehead atoms. The number of aromatic hydroxyl groups is 1. The summed E-state index contributed by atoms with van der Waals surface area (Å²) < 4.78 is 0. The fourth-order valence-corrected chi connectivity index (χ4v) is 0.660.